The third-order valence-corrected chi connectivity index (χ3v) is 7.98. The van der Waals surface area contributed by atoms with Crippen molar-refractivity contribution in [2.45, 2.75) is 82.7 Å². The van der Waals surface area contributed by atoms with E-state index in [4.69, 9.17) is 28.4 Å². The van der Waals surface area contributed by atoms with Crippen molar-refractivity contribution in [1.82, 2.24) is 0 Å². The van der Waals surface area contributed by atoms with Crippen LogP contribution in [0.3, 0.4) is 0 Å². The number of hydrogen-bond donors (Lipinski definition) is 0. The van der Waals surface area contributed by atoms with Gasteiger partial charge in [-0.15, -0.1) is 0 Å². The Kier molecular flexibility index (Phi) is 11.8. The van der Waals surface area contributed by atoms with E-state index < -0.39 is 29.1 Å². The van der Waals surface area contributed by atoms with E-state index in [0.717, 1.165) is 44.6 Å². The van der Waals surface area contributed by atoms with Crippen LogP contribution in [0.5, 0.6) is 11.5 Å². The summed E-state index contributed by atoms with van der Waals surface area (Å²) in [5, 5.41) is 0. The Morgan fingerprint density at radius 1 is 0.698 bits per heavy atom. The standard InChI is InChI=1S/C16H20F2O3.C8H8F2O.C8H12O3/c1-2-19-13-4-3-12(14(17)15(13)18)11-5-7-16(8-6-11)20-9-10-21-16;1-2-11-7-5-3-4-6(9)8(7)10;9-7-1-3-8(4-2-7)10-5-6-11-8/h3-4,11H,2,5-10H2,1H3;3-5H,2H2,1H3;1-6H2. The van der Waals surface area contributed by atoms with Crippen LogP contribution in [0.15, 0.2) is 30.3 Å². The van der Waals surface area contributed by atoms with E-state index in [2.05, 4.69) is 0 Å². The normalized spacial score (nSPS) is 20.7. The first-order valence-corrected chi connectivity index (χ1v) is 15.0. The first kappa shape index (κ1) is 33.2. The monoisotopic (exact) mass is 612 g/mol. The minimum atomic E-state index is -0.922. The summed E-state index contributed by atoms with van der Waals surface area (Å²) in [6.45, 7) is 6.73. The minimum absolute atomic E-state index is 0.00796. The van der Waals surface area contributed by atoms with Crippen LogP contribution in [0.25, 0.3) is 0 Å². The number of hydrogen-bond acceptors (Lipinski definition) is 7. The molecule has 2 aliphatic heterocycles. The molecule has 0 N–H and O–H groups in total. The molecule has 238 valence electrons. The maximum absolute atomic E-state index is 14.2. The lowest BCUT2D eigenvalue weighted by molar-refractivity contribution is -0.179. The van der Waals surface area contributed by atoms with Crippen LogP contribution in [0.2, 0.25) is 0 Å². The number of halogens is 4. The average molecular weight is 613 g/mol. The van der Waals surface area contributed by atoms with Gasteiger partial charge >= 0.3 is 0 Å². The van der Waals surface area contributed by atoms with Crippen molar-refractivity contribution in [3.63, 3.8) is 0 Å². The van der Waals surface area contributed by atoms with Gasteiger partial charge in [0.2, 0.25) is 11.6 Å². The molecule has 2 saturated heterocycles. The van der Waals surface area contributed by atoms with E-state index in [0.29, 0.717) is 63.8 Å². The second kappa shape index (κ2) is 15.3. The van der Waals surface area contributed by atoms with Gasteiger partial charge in [-0.1, -0.05) is 12.1 Å². The third-order valence-electron chi connectivity index (χ3n) is 7.98. The van der Waals surface area contributed by atoms with E-state index in [9.17, 15) is 22.4 Å². The maximum Gasteiger partial charge on any atom is 0.200 e. The van der Waals surface area contributed by atoms with E-state index in [-0.39, 0.29) is 23.2 Å². The Bertz CT molecular complexity index is 1190. The highest BCUT2D eigenvalue weighted by molar-refractivity contribution is 5.79. The smallest absolute Gasteiger partial charge is 0.200 e. The molecule has 0 aromatic heterocycles. The summed E-state index contributed by atoms with van der Waals surface area (Å²) in [6, 6.07) is 7.01. The van der Waals surface area contributed by atoms with E-state index in [1.165, 1.54) is 18.2 Å². The van der Waals surface area contributed by atoms with Crippen LogP contribution >= 0.6 is 0 Å². The molecule has 2 aliphatic carbocycles. The van der Waals surface area contributed by atoms with Gasteiger partial charge in [-0.25, -0.2) is 8.78 Å². The first-order chi connectivity index (χ1) is 20.7. The Morgan fingerprint density at radius 2 is 1.21 bits per heavy atom. The third kappa shape index (κ3) is 8.47. The van der Waals surface area contributed by atoms with Crippen molar-refractivity contribution >= 4 is 5.78 Å². The molecule has 2 aromatic rings. The Labute approximate surface area is 249 Å². The predicted octanol–water partition coefficient (Wildman–Crippen LogP) is 7.00. The number of ether oxygens (including phenoxy) is 6. The fraction of sp³-hybridized carbons (Fsp3) is 0.594. The van der Waals surface area contributed by atoms with Gasteiger partial charge in [0.25, 0.3) is 0 Å². The van der Waals surface area contributed by atoms with Crippen LogP contribution < -0.4 is 9.47 Å². The molecule has 2 saturated carbocycles. The Hall–Kier alpha value is -2.73. The van der Waals surface area contributed by atoms with E-state index >= 15 is 0 Å². The van der Waals surface area contributed by atoms with Gasteiger partial charge < -0.3 is 28.4 Å². The van der Waals surface area contributed by atoms with Crippen molar-refractivity contribution in [2.24, 2.45) is 0 Å². The van der Waals surface area contributed by atoms with Gasteiger partial charge in [0, 0.05) is 38.5 Å². The summed E-state index contributed by atoms with van der Waals surface area (Å²) in [5.74, 6) is -4.02. The zero-order chi connectivity index (χ0) is 30.9. The van der Waals surface area contributed by atoms with E-state index in [1.807, 2.05) is 0 Å². The molecular weight excluding hydrogens is 572 g/mol. The van der Waals surface area contributed by atoms with Crippen LogP contribution in [-0.2, 0) is 23.7 Å². The summed E-state index contributed by atoms with van der Waals surface area (Å²) < 4.78 is 85.4. The van der Waals surface area contributed by atoms with Gasteiger partial charge in [0.05, 0.1) is 39.6 Å². The van der Waals surface area contributed by atoms with Gasteiger partial charge in [-0.05, 0) is 56.4 Å². The van der Waals surface area contributed by atoms with Crippen LogP contribution in [0.1, 0.15) is 76.7 Å². The minimum Gasteiger partial charge on any atom is -0.491 e. The molecule has 4 aliphatic rings. The predicted molar refractivity (Wildman–Crippen MR) is 149 cm³/mol. The number of carbonyl (C=O) groups is 1. The number of ketones is 1. The summed E-state index contributed by atoms with van der Waals surface area (Å²) in [4.78, 5) is 10.9. The second-order valence-electron chi connectivity index (χ2n) is 10.7. The molecule has 0 radical (unpaired) electrons. The van der Waals surface area contributed by atoms with Gasteiger partial charge in [0.1, 0.15) is 5.78 Å². The van der Waals surface area contributed by atoms with Crippen LogP contribution in [-0.4, -0.2) is 57.0 Å². The van der Waals surface area contributed by atoms with E-state index in [1.54, 1.807) is 19.9 Å². The molecule has 7 nitrogen and oxygen atoms in total. The van der Waals surface area contributed by atoms with Crippen molar-refractivity contribution in [3.8, 4) is 11.5 Å². The lowest BCUT2D eigenvalue weighted by Crippen LogP contribution is -2.35. The van der Waals surface area contributed by atoms with Gasteiger partial charge in [-0.3, -0.25) is 4.79 Å². The van der Waals surface area contributed by atoms with Gasteiger partial charge in [0.15, 0.2) is 34.7 Å². The fourth-order valence-corrected chi connectivity index (χ4v) is 5.73. The molecule has 2 aromatic carbocycles. The average Bonchev–Trinajstić information content (AvgIpc) is 3.67. The largest absolute Gasteiger partial charge is 0.491 e. The number of benzene rings is 2. The first-order valence-electron chi connectivity index (χ1n) is 15.0. The van der Waals surface area contributed by atoms with Crippen molar-refractivity contribution in [2.75, 3.05) is 39.6 Å². The zero-order valence-corrected chi connectivity index (χ0v) is 24.7. The van der Waals surface area contributed by atoms with Crippen molar-refractivity contribution in [1.29, 1.82) is 0 Å². The summed E-state index contributed by atoms with van der Waals surface area (Å²) >= 11 is 0. The molecule has 0 atom stereocenters. The molecular formula is C32H40F4O7. The summed E-state index contributed by atoms with van der Waals surface area (Å²) in [7, 11) is 0. The molecule has 0 unspecified atom stereocenters. The zero-order valence-electron chi connectivity index (χ0n) is 24.7. The number of Topliss-reactive ketones (excluding diaryl/α,β-unsaturated/α-hetero) is 1. The highest BCUT2D eigenvalue weighted by atomic mass is 19.2. The highest BCUT2D eigenvalue weighted by Gasteiger charge is 2.41. The SMILES string of the molecule is CCOc1ccc(C2CCC3(CC2)OCCO3)c(F)c1F.CCOc1cccc(F)c1F.O=C1CCC2(CC1)OCCO2. The Morgan fingerprint density at radius 3 is 1.74 bits per heavy atom. The highest BCUT2D eigenvalue weighted by Crippen LogP contribution is 2.43. The quantitative estimate of drug-likeness (QED) is 0.337. The molecule has 43 heavy (non-hydrogen) atoms. The molecule has 11 heteroatoms. The van der Waals surface area contributed by atoms with Crippen LogP contribution in [0.4, 0.5) is 17.6 Å². The molecule has 2 heterocycles. The van der Waals surface area contributed by atoms with Gasteiger partial charge in [-0.2, -0.15) is 8.78 Å². The molecule has 6 rings (SSSR count). The molecule has 2 spiro atoms. The molecule has 0 amide bonds. The summed E-state index contributed by atoms with van der Waals surface area (Å²) in [6.07, 6.45) is 5.70. The lowest BCUT2D eigenvalue weighted by Gasteiger charge is -2.35. The summed E-state index contributed by atoms with van der Waals surface area (Å²) in [5.41, 5.74) is 0.434. The van der Waals surface area contributed by atoms with Crippen molar-refractivity contribution < 1.29 is 50.8 Å². The van der Waals surface area contributed by atoms with Crippen molar-refractivity contribution in [3.05, 3.63) is 59.2 Å². The maximum atomic E-state index is 14.2. The fourth-order valence-electron chi connectivity index (χ4n) is 5.73. The number of carbonyl (C=O) groups excluding carboxylic acids is 1. The number of rotatable bonds is 5. The topological polar surface area (TPSA) is 72.5 Å². The molecule has 0 bridgehead atoms. The molecule has 4 fully saturated rings. The lowest BCUT2D eigenvalue weighted by atomic mass is 9.80. The van der Waals surface area contributed by atoms with Crippen LogP contribution in [0, 0.1) is 23.3 Å². The second-order valence-corrected chi connectivity index (χ2v) is 10.7. The Balaban J connectivity index is 0.000000162.